The van der Waals surface area contributed by atoms with Gasteiger partial charge in [0, 0.05) is 13.1 Å². The summed E-state index contributed by atoms with van der Waals surface area (Å²) < 4.78 is 0. The van der Waals surface area contributed by atoms with Gasteiger partial charge in [-0.3, -0.25) is 4.79 Å². The molecule has 0 fully saturated rings. The zero-order chi connectivity index (χ0) is 12.7. The fourth-order valence-electron chi connectivity index (χ4n) is 1.20. The lowest BCUT2D eigenvalue weighted by molar-refractivity contribution is -0.138. The SMILES string of the molecule is CCC(C)CN(CC)C(=O)NC(C)C(=O)O. The van der Waals surface area contributed by atoms with Crippen molar-refractivity contribution in [2.45, 2.75) is 40.2 Å². The molecule has 0 saturated carbocycles. The van der Waals surface area contributed by atoms with Crippen molar-refractivity contribution in [2.75, 3.05) is 13.1 Å². The number of urea groups is 1. The molecule has 0 radical (unpaired) electrons. The van der Waals surface area contributed by atoms with Crippen LogP contribution in [0.2, 0.25) is 0 Å². The normalized spacial score (nSPS) is 14.0. The van der Waals surface area contributed by atoms with E-state index in [0.29, 0.717) is 19.0 Å². The van der Waals surface area contributed by atoms with Gasteiger partial charge in [-0.15, -0.1) is 0 Å². The Morgan fingerprint density at radius 2 is 1.88 bits per heavy atom. The summed E-state index contributed by atoms with van der Waals surface area (Å²) in [6, 6.07) is -1.16. The molecule has 2 unspecified atom stereocenters. The van der Waals surface area contributed by atoms with Crippen molar-refractivity contribution in [3.05, 3.63) is 0 Å². The van der Waals surface area contributed by atoms with E-state index in [2.05, 4.69) is 19.2 Å². The molecule has 0 spiro atoms. The Morgan fingerprint density at radius 3 is 2.25 bits per heavy atom. The number of carboxylic acids is 1. The smallest absolute Gasteiger partial charge is 0.325 e. The van der Waals surface area contributed by atoms with E-state index in [4.69, 9.17) is 5.11 Å². The molecule has 0 aliphatic heterocycles. The molecule has 2 N–H and O–H groups in total. The van der Waals surface area contributed by atoms with Gasteiger partial charge in [0.05, 0.1) is 0 Å². The lowest BCUT2D eigenvalue weighted by Gasteiger charge is -2.25. The van der Waals surface area contributed by atoms with Crippen molar-refractivity contribution in [3.8, 4) is 0 Å². The fourth-order valence-corrected chi connectivity index (χ4v) is 1.20. The van der Waals surface area contributed by atoms with Crippen LogP contribution in [0.1, 0.15) is 34.1 Å². The van der Waals surface area contributed by atoms with Gasteiger partial charge in [-0.25, -0.2) is 4.79 Å². The van der Waals surface area contributed by atoms with E-state index >= 15 is 0 Å². The second kappa shape index (κ2) is 7.09. The summed E-state index contributed by atoms with van der Waals surface area (Å²) in [5, 5.41) is 11.1. The first kappa shape index (κ1) is 14.7. The first-order valence-corrected chi connectivity index (χ1v) is 5.70. The maximum absolute atomic E-state index is 11.7. The molecule has 0 bridgehead atoms. The molecule has 2 amide bonds. The molecule has 0 aromatic heterocycles. The maximum Gasteiger partial charge on any atom is 0.325 e. The summed E-state index contributed by atoms with van der Waals surface area (Å²) in [6.07, 6.45) is 0.998. The predicted octanol–water partition coefficient (Wildman–Crippen LogP) is 1.54. The van der Waals surface area contributed by atoms with Crippen LogP contribution in [0.3, 0.4) is 0 Å². The first-order valence-electron chi connectivity index (χ1n) is 5.70. The zero-order valence-electron chi connectivity index (χ0n) is 10.5. The van der Waals surface area contributed by atoms with Gasteiger partial charge in [0.15, 0.2) is 0 Å². The third kappa shape index (κ3) is 5.00. The summed E-state index contributed by atoms with van der Waals surface area (Å²) in [5.74, 6) is -0.598. The van der Waals surface area contributed by atoms with Crippen molar-refractivity contribution in [3.63, 3.8) is 0 Å². The van der Waals surface area contributed by atoms with E-state index in [1.165, 1.54) is 6.92 Å². The molecular weight excluding hydrogens is 208 g/mol. The van der Waals surface area contributed by atoms with Crippen LogP contribution in [0.5, 0.6) is 0 Å². The highest BCUT2D eigenvalue weighted by atomic mass is 16.4. The monoisotopic (exact) mass is 230 g/mol. The Labute approximate surface area is 96.8 Å². The van der Waals surface area contributed by atoms with Crippen LogP contribution in [-0.4, -0.2) is 41.1 Å². The van der Waals surface area contributed by atoms with E-state index in [1.807, 2.05) is 6.92 Å². The molecular formula is C11H22N2O3. The minimum absolute atomic E-state index is 0.308. The average molecular weight is 230 g/mol. The molecule has 0 rings (SSSR count). The third-order valence-electron chi connectivity index (χ3n) is 2.61. The van der Waals surface area contributed by atoms with E-state index in [1.54, 1.807) is 4.90 Å². The molecule has 0 saturated heterocycles. The van der Waals surface area contributed by atoms with Crippen molar-refractivity contribution < 1.29 is 14.7 Å². The first-order chi connectivity index (χ1) is 7.42. The minimum Gasteiger partial charge on any atom is -0.480 e. The van der Waals surface area contributed by atoms with Crippen molar-refractivity contribution in [2.24, 2.45) is 5.92 Å². The Kier molecular flexibility index (Phi) is 6.53. The Bertz CT molecular complexity index is 243. The van der Waals surface area contributed by atoms with Gasteiger partial charge in [0.25, 0.3) is 0 Å². The molecule has 0 aliphatic carbocycles. The van der Waals surface area contributed by atoms with Crippen LogP contribution in [0.15, 0.2) is 0 Å². The van der Waals surface area contributed by atoms with Crippen molar-refractivity contribution >= 4 is 12.0 Å². The van der Waals surface area contributed by atoms with Crippen molar-refractivity contribution in [1.29, 1.82) is 0 Å². The number of carbonyl (C=O) groups excluding carboxylic acids is 1. The van der Waals surface area contributed by atoms with Crippen LogP contribution >= 0.6 is 0 Å². The standard InChI is InChI=1S/C11H22N2O3/c1-5-8(3)7-13(6-2)11(16)12-9(4)10(14)15/h8-9H,5-7H2,1-4H3,(H,12,16)(H,14,15). The number of rotatable bonds is 6. The van der Waals surface area contributed by atoms with Gasteiger partial charge in [-0.1, -0.05) is 20.3 Å². The maximum atomic E-state index is 11.7. The lowest BCUT2D eigenvalue weighted by Crippen LogP contribution is -2.47. The molecule has 94 valence electrons. The van der Waals surface area contributed by atoms with Gasteiger partial charge in [-0.05, 0) is 19.8 Å². The quantitative estimate of drug-likeness (QED) is 0.727. The Balaban J connectivity index is 4.25. The summed E-state index contributed by atoms with van der Waals surface area (Å²) in [6.45, 7) is 8.71. The van der Waals surface area contributed by atoms with Crippen molar-refractivity contribution in [1.82, 2.24) is 10.2 Å². The molecule has 16 heavy (non-hydrogen) atoms. The summed E-state index contributed by atoms with van der Waals surface area (Å²) in [7, 11) is 0. The predicted molar refractivity (Wildman–Crippen MR) is 62.3 cm³/mol. The second-order valence-corrected chi connectivity index (χ2v) is 4.06. The van der Waals surface area contributed by atoms with Gasteiger partial charge >= 0.3 is 12.0 Å². The average Bonchev–Trinajstić information content (AvgIpc) is 2.24. The van der Waals surface area contributed by atoms with Gasteiger partial charge < -0.3 is 15.3 Å². The van der Waals surface area contributed by atoms with E-state index < -0.39 is 12.0 Å². The number of carboxylic acid groups (broad SMARTS) is 1. The highest BCUT2D eigenvalue weighted by Crippen LogP contribution is 2.04. The number of carbonyl (C=O) groups is 2. The summed E-state index contributed by atoms with van der Waals surface area (Å²) >= 11 is 0. The molecule has 0 heterocycles. The van der Waals surface area contributed by atoms with Gasteiger partial charge in [0.1, 0.15) is 6.04 Å². The largest absolute Gasteiger partial charge is 0.480 e. The molecule has 0 aliphatic rings. The number of hydrogen-bond acceptors (Lipinski definition) is 2. The van der Waals surface area contributed by atoms with E-state index in [0.717, 1.165) is 6.42 Å². The fraction of sp³-hybridized carbons (Fsp3) is 0.818. The minimum atomic E-state index is -1.02. The molecule has 0 aromatic carbocycles. The van der Waals surface area contributed by atoms with Crippen LogP contribution in [0.25, 0.3) is 0 Å². The highest BCUT2D eigenvalue weighted by Gasteiger charge is 2.19. The summed E-state index contributed by atoms with van der Waals surface area (Å²) in [4.78, 5) is 23.9. The third-order valence-corrected chi connectivity index (χ3v) is 2.61. The van der Waals surface area contributed by atoms with Gasteiger partial charge in [0.2, 0.25) is 0 Å². The van der Waals surface area contributed by atoms with E-state index in [9.17, 15) is 9.59 Å². The number of nitrogens with zero attached hydrogens (tertiary/aromatic N) is 1. The van der Waals surface area contributed by atoms with E-state index in [-0.39, 0.29) is 6.03 Å². The van der Waals surface area contributed by atoms with Crippen LogP contribution in [0, 0.1) is 5.92 Å². The number of nitrogens with one attached hydrogen (secondary N) is 1. The Hall–Kier alpha value is -1.26. The second-order valence-electron chi connectivity index (χ2n) is 4.06. The van der Waals surface area contributed by atoms with Crippen LogP contribution in [0.4, 0.5) is 4.79 Å². The summed E-state index contributed by atoms with van der Waals surface area (Å²) in [5.41, 5.74) is 0. The van der Waals surface area contributed by atoms with Gasteiger partial charge in [-0.2, -0.15) is 0 Å². The molecule has 2 atom stereocenters. The molecule has 0 aromatic rings. The molecule has 5 heteroatoms. The zero-order valence-corrected chi connectivity index (χ0v) is 10.5. The van der Waals surface area contributed by atoms with Crippen LogP contribution in [-0.2, 0) is 4.79 Å². The highest BCUT2D eigenvalue weighted by molar-refractivity contribution is 5.82. The molecule has 5 nitrogen and oxygen atoms in total. The van der Waals surface area contributed by atoms with Crippen LogP contribution < -0.4 is 5.32 Å². The lowest BCUT2D eigenvalue weighted by atomic mass is 10.1. The number of hydrogen-bond donors (Lipinski definition) is 2. The topological polar surface area (TPSA) is 69.6 Å². The number of aliphatic carboxylic acids is 1. The Morgan fingerprint density at radius 1 is 1.31 bits per heavy atom. The number of amides is 2.